The van der Waals surface area contributed by atoms with E-state index in [4.69, 9.17) is 23.8 Å². The van der Waals surface area contributed by atoms with Gasteiger partial charge in [0.1, 0.15) is 22.3 Å². The summed E-state index contributed by atoms with van der Waals surface area (Å²) in [5, 5.41) is 10.7. The van der Waals surface area contributed by atoms with E-state index in [1.807, 2.05) is 38.3 Å². The molecule has 9 nitrogen and oxygen atoms in total. The van der Waals surface area contributed by atoms with E-state index in [1.165, 1.54) is 23.5 Å². The molecule has 0 saturated heterocycles. The highest BCUT2D eigenvalue weighted by molar-refractivity contribution is 7.84. The van der Waals surface area contributed by atoms with Gasteiger partial charge in [0, 0.05) is 22.4 Å². The lowest BCUT2D eigenvalue weighted by molar-refractivity contribution is -0.129. The van der Waals surface area contributed by atoms with E-state index in [0.29, 0.717) is 17.9 Å². The predicted octanol–water partition coefficient (Wildman–Crippen LogP) is 3.86. The Morgan fingerprint density at radius 2 is 1.74 bits per heavy atom. The van der Waals surface area contributed by atoms with Crippen molar-refractivity contribution in [3.63, 3.8) is 0 Å². The first-order chi connectivity index (χ1) is 16.4. The summed E-state index contributed by atoms with van der Waals surface area (Å²) in [6, 6.07) is 11.6. The number of rotatable bonds is 9. The van der Waals surface area contributed by atoms with E-state index < -0.39 is 21.8 Å². The monoisotopic (exact) mass is 519 g/mol. The summed E-state index contributed by atoms with van der Waals surface area (Å²) in [6.07, 6.45) is 0.435. The Kier molecular flexibility index (Phi) is 8.04. The van der Waals surface area contributed by atoms with Gasteiger partial charge < -0.3 is 19.0 Å². The van der Waals surface area contributed by atoms with Crippen LogP contribution in [0.5, 0.6) is 17.2 Å². The quantitative estimate of drug-likeness (QED) is 0.439. The van der Waals surface area contributed by atoms with Gasteiger partial charge in [0.15, 0.2) is 0 Å². The molecule has 3 aromatic rings. The number of nitrogens with one attached hydrogen (secondary N) is 1. The molecule has 1 heterocycles. The molecule has 0 aliphatic carbocycles. The molecule has 1 aromatic heterocycles. The first-order valence-corrected chi connectivity index (χ1v) is 13.0. The molecule has 35 heavy (non-hydrogen) atoms. The van der Waals surface area contributed by atoms with Gasteiger partial charge in [0.25, 0.3) is 0 Å². The van der Waals surface area contributed by atoms with Gasteiger partial charge in [0.05, 0.1) is 26.0 Å². The molecule has 1 atom stereocenters. The lowest BCUT2D eigenvalue weighted by Crippen LogP contribution is -2.38. The maximum atomic E-state index is 12.8. The van der Waals surface area contributed by atoms with Crippen molar-refractivity contribution in [1.82, 2.24) is 10.3 Å². The number of aromatic nitrogens is 1. The van der Waals surface area contributed by atoms with Crippen LogP contribution in [-0.2, 0) is 21.5 Å². The highest BCUT2D eigenvalue weighted by atomic mass is 32.2. The third kappa shape index (κ3) is 7.17. The Morgan fingerprint density at radius 3 is 2.31 bits per heavy atom. The minimum absolute atomic E-state index is 0.106. The van der Waals surface area contributed by atoms with Crippen LogP contribution in [0.25, 0.3) is 11.3 Å². The molecule has 0 radical (unpaired) electrons. The summed E-state index contributed by atoms with van der Waals surface area (Å²) >= 11 is 1.43. The van der Waals surface area contributed by atoms with Crippen molar-refractivity contribution in [3.05, 3.63) is 58.4 Å². The second-order valence-corrected chi connectivity index (χ2v) is 10.9. The molecule has 0 spiro atoms. The summed E-state index contributed by atoms with van der Waals surface area (Å²) < 4.78 is 37.8. The van der Waals surface area contributed by atoms with E-state index in [0.717, 1.165) is 21.8 Å². The fraction of sp³-hybridized carbons (Fsp3) is 0.333. The van der Waals surface area contributed by atoms with E-state index in [-0.39, 0.29) is 11.7 Å². The number of benzene rings is 2. The lowest BCUT2D eigenvalue weighted by Gasteiger charge is -2.23. The van der Waals surface area contributed by atoms with E-state index in [2.05, 4.69) is 5.32 Å². The Hall–Kier alpha value is -3.15. The third-order valence-electron chi connectivity index (χ3n) is 5.07. The molecule has 2 aromatic carbocycles. The van der Waals surface area contributed by atoms with Crippen LogP contribution in [0.4, 0.5) is 0 Å². The maximum Gasteiger partial charge on any atom is 0.380 e. The molecular formula is C24H29N3O6S2. The molecular weight excluding hydrogens is 490 g/mol. The van der Waals surface area contributed by atoms with Crippen LogP contribution in [-0.4, -0.2) is 33.5 Å². The number of methoxy groups -OCH3 is 2. The normalized spacial score (nSPS) is 12.6. The van der Waals surface area contributed by atoms with Crippen molar-refractivity contribution in [3.8, 4) is 28.5 Å². The molecule has 1 amide bonds. The molecule has 3 N–H and O–H groups in total. The fourth-order valence-corrected chi connectivity index (χ4v) is 4.46. The van der Waals surface area contributed by atoms with Crippen LogP contribution in [0, 0.1) is 5.41 Å². The summed E-state index contributed by atoms with van der Waals surface area (Å²) in [5.41, 5.74) is 1.78. The van der Waals surface area contributed by atoms with Gasteiger partial charge in [-0.2, -0.15) is 13.6 Å². The third-order valence-corrected chi connectivity index (χ3v) is 6.45. The minimum atomic E-state index is -4.11. The number of nitrogens with two attached hydrogens (primary N) is 1. The molecule has 3 rings (SSSR count). The van der Waals surface area contributed by atoms with Crippen LogP contribution < -0.4 is 24.1 Å². The first kappa shape index (κ1) is 26.5. The van der Waals surface area contributed by atoms with Crippen molar-refractivity contribution in [2.75, 3.05) is 14.2 Å². The number of hydrogen-bond donors (Lipinski definition) is 2. The number of hydrogen-bond acceptors (Lipinski definition) is 8. The molecule has 0 aliphatic rings. The van der Waals surface area contributed by atoms with Crippen molar-refractivity contribution < 1.29 is 26.9 Å². The van der Waals surface area contributed by atoms with Crippen LogP contribution in [0.2, 0.25) is 0 Å². The Bertz CT molecular complexity index is 1280. The molecule has 0 aliphatic heterocycles. The van der Waals surface area contributed by atoms with Gasteiger partial charge in [-0.15, -0.1) is 11.3 Å². The number of amides is 1. The largest absolute Gasteiger partial charge is 0.497 e. The Balaban J connectivity index is 1.91. The summed E-state index contributed by atoms with van der Waals surface area (Å²) in [4.78, 5) is 17.6. The summed E-state index contributed by atoms with van der Waals surface area (Å²) in [5.74, 6) is 1.29. The summed E-state index contributed by atoms with van der Waals surface area (Å²) in [6.45, 7) is 5.52. The molecule has 0 saturated carbocycles. The van der Waals surface area contributed by atoms with Gasteiger partial charge in [-0.25, -0.2) is 4.98 Å². The van der Waals surface area contributed by atoms with Crippen LogP contribution in [0.1, 0.15) is 37.4 Å². The van der Waals surface area contributed by atoms with Crippen molar-refractivity contribution in [1.29, 1.82) is 0 Å². The SMILES string of the molecule is COc1ccc(-c2csc([C@H](Cc3ccc(OS(N)(=O)=O)cc3)NC(=O)C(C)(C)C)n2)c(OC)c1. The van der Waals surface area contributed by atoms with Gasteiger partial charge in [-0.1, -0.05) is 32.9 Å². The Morgan fingerprint density at radius 1 is 1.09 bits per heavy atom. The summed E-state index contributed by atoms with van der Waals surface area (Å²) in [7, 11) is -0.932. The van der Waals surface area contributed by atoms with Crippen LogP contribution in [0.3, 0.4) is 0 Å². The number of thiazole rings is 1. The van der Waals surface area contributed by atoms with Gasteiger partial charge in [0.2, 0.25) is 5.91 Å². The molecule has 11 heteroatoms. The standard InChI is InChI=1S/C24H29N3O6S2/c1-24(2,3)23(28)27-19(12-15-6-8-16(9-7-15)33-35(25,29)30)22-26-20(14-34-22)18-11-10-17(31-4)13-21(18)32-5/h6-11,13-14,19H,12H2,1-5H3,(H,27,28)(H2,25,29,30)/t19-/m0/s1. The predicted molar refractivity (Wildman–Crippen MR) is 135 cm³/mol. The van der Waals surface area contributed by atoms with Crippen molar-refractivity contribution >= 4 is 27.5 Å². The van der Waals surface area contributed by atoms with Gasteiger partial charge in [-0.3, -0.25) is 4.79 Å². The average Bonchev–Trinajstić information content (AvgIpc) is 3.27. The second-order valence-electron chi connectivity index (χ2n) is 8.84. The lowest BCUT2D eigenvalue weighted by atomic mass is 9.94. The van der Waals surface area contributed by atoms with E-state index in [1.54, 1.807) is 32.4 Å². The average molecular weight is 520 g/mol. The van der Waals surface area contributed by atoms with Gasteiger partial charge >= 0.3 is 10.3 Å². The topological polar surface area (TPSA) is 130 Å². The van der Waals surface area contributed by atoms with Crippen LogP contribution in [0.15, 0.2) is 47.8 Å². The number of carbonyl (C=O) groups excluding carboxylic acids is 1. The number of nitrogens with zero attached hydrogens (tertiary/aromatic N) is 1. The molecule has 0 fully saturated rings. The fourth-order valence-electron chi connectivity index (χ4n) is 3.21. The van der Waals surface area contributed by atoms with E-state index >= 15 is 0 Å². The van der Waals surface area contributed by atoms with Crippen molar-refractivity contribution in [2.24, 2.45) is 10.6 Å². The van der Waals surface area contributed by atoms with Crippen LogP contribution >= 0.6 is 11.3 Å². The van der Waals surface area contributed by atoms with Gasteiger partial charge in [-0.05, 0) is 36.2 Å². The highest BCUT2D eigenvalue weighted by Gasteiger charge is 2.27. The van der Waals surface area contributed by atoms with Crippen molar-refractivity contribution in [2.45, 2.75) is 33.2 Å². The number of ether oxygens (including phenoxy) is 2. The number of carbonyl (C=O) groups is 1. The zero-order valence-electron chi connectivity index (χ0n) is 20.2. The smallest absolute Gasteiger partial charge is 0.380 e. The highest BCUT2D eigenvalue weighted by Crippen LogP contribution is 2.35. The zero-order chi connectivity index (χ0) is 25.8. The first-order valence-electron chi connectivity index (χ1n) is 10.7. The maximum absolute atomic E-state index is 12.8. The van der Waals surface area contributed by atoms with E-state index in [9.17, 15) is 13.2 Å². The second kappa shape index (κ2) is 10.6. The zero-order valence-corrected chi connectivity index (χ0v) is 21.8. The molecule has 0 unspecified atom stereocenters. The molecule has 188 valence electrons. The Labute approximate surface area is 209 Å². The molecule has 0 bridgehead atoms. The minimum Gasteiger partial charge on any atom is -0.497 e.